The third-order valence-corrected chi connectivity index (χ3v) is 6.54. The van der Waals surface area contributed by atoms with E-state index in [4.69, 9.17) is 4.74 Å². The summed E-state index contributed by atoms with van der Waals surface area (Å²) in [6.07, 6.45) is 0. The van der Waals surface area contributed by atoms with Crippen molar-refractivity contribution in [1.29, 1.82) is 0 Å². The highest BCUT2D eigenvalue weighted by Gasteiger charge is 2.31. The molecule has 0 amide bonds. The molecule has 0 saturated carbocycles. The Labute approximate surface area is 165 Å². The maximum Gasteiger partial charge on any atom is 0.264 e. The Morgan fingerprint density at radius 3 is 2.32 bits per heavy atom. The van der Waals surface area contributed by atoms with E-state index in [2.05, 4.69) is 0 Å². The van der Waals surface area contributed by atoms with Gasteiger partial charge in [0.15, 0.2) is 0 Å². The number of hydrogen-bond acceptors (Lipinski definition) is 3. The zero-order chi connectivity index (χ0) is 20.3. The quantitative estimate of drug-likeness (QED) is 0.579. The van der Waals surface area contributed by atoms with Gasteiger partial charge in [0, 0.05) is 6.07 Å². The highest BCUT2D eigenvalue weighted by atomic mass is 32.2. The molecule has 4 nitrogen and oxygen atoms in total. The van der Waals surface area contributed by atoms with Crippen LogP contribution < -0.4 is 9.04 Å². The number of halogens is 1. The molecule has 3 rings (SSSR count). The molecule has 146 valence electrons. The van der Waals surface area contributed by atoms with E-state index in [9.17, 15) is 12.8 Å². The fraction of sp³-hybridized carbons (Fsp3) is 0.182. The second-order valence-electron chi connectivity index (χ2n) is 6.50. The lowest BCUT2D eigenvalue weighted by atomic mass is 10.1. The zero-order valence-corrected chi connectivity index (χ0v) is 16.8. The standard InChI is InChI=1S/C22H22FNO3S/c1-16-12-13-21(15-22(16)23)28(25,26)24(17(2)18-8-5-4-6-9-18)19-10-7-11-20(14-19)27-3/h4-15,17H,1-3H3. The van der Waals surface area contributed by atoms with E-state index in [1.807, 2.05) is 30.3 Å². The van der Waals surface area contributed by atoms with Crippen LogP contribution in [0.5, 0.6) is 5.75 Å². The average Bonchev–Trinajstić information content (AvgIpc) is 2.70. The Bertz CT molecular complexity index is 1070. The van der Waals surface area contributed by atoms with Gasteiger partial charge in [-0.2, -0.15) is 0 Å². The molecule has 0 heterocycles. The first-order valence-electron chi connectivity index (χ1n) is 8.84. The lowest BCUT2D eigenvalue weighted by Crippen LogP contribution is -2.33. The van der Waals surface area contributed by atoms with Crippen molar-refractivity contribution < 1.29 is 17.5 Å². The molecule has 0 aromatic heterocycles. The number of hydrogen-bond donors (Lipinski definition) is 0. The first-order valence-corrected chi connectivity index (χ1v) is 10.3. The number of nitrogens with zero attached hydrogens (tertiary/aromatic N) is 1. The van der Waals surface area contributed by atoms with E-state index in [1.54, 1.807) is 38.1 Å². The number of aryl methyl sites for hydroxylation is 1. The molecule has 0 saturated heterocycles. The molecule has 28 heavy (non-hydrogen) atoms. The maximum absolute atomic E-state index is 14.1. The molecule has 0 bridgehead atoms. The molecule has 0 aliphatic carbocycles. The minimum Gasteiger partial charge on any atom is -0.497 e. The molecule has 3 aromatic carbocycles. The Balaban J connectivity index is 2.18. The highest BCUT2D eigenvalue weighted by molar-refractivity contribution is 7.92. The Morgan fingerprint density at radius 1 is 0.964 bits per heavy atom. The van der Waals surface area contributed by atoms with Crippen LogP contribution in [0.15, 0.2) is 77.7 Å². The SMILES string of the molecule is COc1cccc(N(C(C)c2ccccc2)S(=O)(=O)c2ccc(C)c(F)c2)c1. The van der Waals surface area contributed by atoms with Crippen molar-refractivity contribution in [3.05, 3.63) is 89.7 Å². The van der Waals surface area contributed by atoms with Gasteiger partial charge in [-0.1, -0.05) is 42.5 Å². The summed E-state index contributed by atoms with van der Waals surface area (Å²) in [7, 11) is -2.51. The first kappa shape index (κ1) is 19.9. The van der Waals surface area contributed by atoms with E-state index in [1.165, 1.54) is 23.5 Å². The van der Waals surface area contributed by atoms with E-state index in [-0.39, 0.29) is 4.90 Å². The van der Waals surface area contributed by atoms with Crippen molar-refractivity contribution >= 4 is 15.7 Å². The largest absolute Gasteiger partial charge is 0.497 e. The summed E-state index contributed by atoms with van der Waals surface area (Å²) in [6.45, 7) is 3.40. The topological polar surface area (TPSA) is 46.6 Å². The second-order valence-corrected chi connectivity index (χ2v) is 8.31. The predicted octanol–water partition coefficient (Wildman–Crippen LogP) is 5.10. The van der Waals surface area contributed by atoms with Crippen molar-refractivity contribution in [3.63, 3.8) is 0 Å². The normalized spacial score (nSPS) is 12.4. The van der Waals surface area contributed by atoms with Crippen molar-refractivity contribution in [3.8, 4) is 5.75 Å². The van der Waals surface area contributed by atoms with E-state index >= 15 is 0 Å². The molecule has 3 aromatic rings. The van der Waals surface area contributed by atoms with Crippen molar-refractivity contribution in [2.45, 2.75) is 24.8 Å². The third kappa shape index (κ3) is 3.87. The maximum atomic E-state index is 14.1. The Hall–Kier alpha value is -2.86. The lowest BCUT2D eigenvalue weighted by Gasteiger charge is -2.31. The Kier molecular flexibility index (Phi) is 5.70. The molecule has 0 radical (unpaired) electrons. The number of benzene rings is 3. The molecule has 1 atom stereocenters. The Morgan fingerprint density at radius 2 is 1.68 bits per heavy atom. The molecule has 0 N–H and O–H groups in total. The van der Waals surface area contributed by atoms with Gasteiger partial charge in [-0.15, -0.1) is 0 Å². The van der Waals surface area contributed by atoms with Crippen molar-refractivity contribution in [1.82, 2.24) is 0 Å². The fourth-order valence-corrected chi connectivity index (χ4v) is 4.68. The first-order chi connectivity index (χ1) is 13.3. The number of methoxy groups -OCH3 is 1. The summed E-state index contributed by atoms with van der Waals surface area (Å²) in [5.74, 6) is -0.0212. The van der Waals surface area contributed by atoms with Crippen LogP contribution in [0.4, 0.5) is 10.1 Å². The minimum atomic E-state index is -4.03. The molecule has 0 spiro atoms. The number of sulfonamides is 1. The van der Waals surface area contributed by atoms with Crippen molar-refractivity contribution in [2.24, 2.45) is 0 Å². The molecule has 0 fully saturated rings. The summed E-state index contributed by atoms with van der Waals surface area (Å²) in [5.41, 5.74) is 1.65. The molecular formula is C22H22FNO3S. The smallest absolute Gasteiger partial charge is 0.264 e. The van der Waals surface area contributed by atoms with Gasteiger partial charge in [0.1, 0.15) is 11.6 Å². The van der Waals surface area contributed by atoms with Gasteiger partial charge in [-0.3, -0.25) is 4.31 Å². The molecule has 0 aliphatic rings. The fourth-order valence-electron chi connectivity index (χ4n) is 3.03. The van der Waals surface area contributed by atoms with Gasteiger partial charge in [-0.25, -0.2) is 12.8 Å². The number of anilines is 1. The molecule has 1 unspecified atom stereocenters. The van der Waals surface area contributed by atoms with Gasteiger partial charge < -0.3 is 4.74 Å². The van der Waals surface area contributed by atoms with Crippen LogP contribution in [-0.2, 0) is 10.0 Å². The van der Waals surface area contributed by atoms with E-state index in [0.29, 0.717) is 17.0 Å². The summed E-state index contributed by atoms with van der Waals surface area (Å²) in [5, 5.41) is 0. The van der Waals surface area contributed by atoms with Crippen LogP contribution in [0.25, 0.3) is 0 Å². The lowest BCUT2D eigenvalue weighted by molar-refractivity contribution is 0.415. The number of ether oxygens (including phenoxy) is 1. The van der Waals surface area contributed by atoms with Crippen LogP contribution in [-0.4, -0.2) is 15.5 Å². The minimum absolute atomic E-state index is 0.0961. The van der Waals surface area contributed by atoms with Crippen molar-refractivity contribution in [2.75, 3.05) is 11.4 Å². The summed E-state index contributed by atoms with van der Waals surface area (Å²) in [6, 6.07) is 19.6. The summed E-state index contributed by atoms with van der Waals surface area (Å²) in [4.78, 5) is -0.0961. The monoisotopic (exact) mass is 399 g/mol. The van der Waals surface area contributed by atoms with Crippen LogP contribution in [0, 0.1) is 12.7 Å². The van der Waals surface area contributed by atoms with Gasteiger partial charge in [0.2, 0.25) is 0 Å². The summed E-state index contributed by atoms with van der Waals surface area (Å²) < 4.78 is 47.7. The van der Waals surface area contributed by atoms with Gasteiger partial charge in [-0.05, 0) is 49.2 Å². The zero-order valence-electron chi connectivity index (χ0n) is 16.0. The van der Waals surface area contributed by atoms with E-state index in [0.717, 1.165) is 11.6 Å². The van der Waals surface area contributed by atoms with E-state index < -0.39 is 21.9 Å². The third-order valence-electron chi connectivity index (χ3n) is 4.64. The molecule has 0 aliphatic heterocycles. The number of rotatable bonds is 6. The average molecular weight is 399 g/mol. The van der Waals surface area contributed by atoms with Gasteiger partial charge in [0.25, 0.3) is 10.0 Å². The second kappa shape index (κ2) is 8.02. The molecular weight excluding hydrogens is 377 g/mol. The van der Waals surface area contributed by atoms with Gasteiger partial charge >= 0.3 is 0 Å². The predicted molar refractivity (Wildman–Crippen MR) is 109 cm³/mol. The summed E-state index contributed by atoms with van der Waals surface area (Å²) >= 11 is 0. The van der Waals surface area contributed by atoms with Gasteiger partial charge in [0.05, 0.1) is 23.7 Å². The van der Waals surface area contributed by atoms with Crippen LogP contribution in [0.2, 0.25) is 0 Å². The molecule has 6 heteroatoms. The van der Waals surface area contributed by atoms with Crippen LogP contribution >= 0.6 is 0 Å². The van der Waals surface area contributed by atoms with Crippen LogP contribution in [0.1, 0.15) is 24.1 Å². The highest BCUT2D eigenvalue weighted by Crippen LogP contribution is 2.35. The van der Waals surface area contributed by atoms with Crippen LogP contribution in [0.3, 0.4) is 0 Å².